The van der Waals surface area contributed by atoms with E-state index in [0.717, 1.165) is 51.4 Å². The van der Waals surface area contributed by atoms with Crippen LogP contribution in [0.25, 0.3) is 0 Å². The molecule has 3 nitrogen and oxygen atoms in total. The molecule has 0 aromatic heterocycles. The van der Waals surface area contributed by atoms with Crippen LogP contribution in [0.3, 0.4) is 0 Å². The van der Waals surface area contributed by atoms with Crippen molar-refractivity contribution in [3.05, 3.63) is 11.6 Å². The Labute approximate surface area is 201 Å². The lowest BCUT2D eigenvalue weighted by molar-refractivity contribution is -0.213. The van der Waals surface area contributed by atoms with Gasteiger partial charge >= 0.3 is 5.97 Å². The van der Waals surface area contributed by atoms with Crippen molar-refractivity contribution in [2.45, 2.75) is 113 Å². The molecule has 0 saturated heterocycles. The Kier molecular flexibility index (Phi) is 4.83. The molecule has 184 valence electrons. The van der Waals surface area contributed by atoms with Crippen LogP contribution in [0.2, 0.25) is 0 Å². The molecule has 3 heteroatoms. The molecule has 0 spiro atoms. The van der Waals surface area contributed by atoms with Crippen molar-refractivity contribution in [1.29, 1.82) is 0 Å². The Bertz CT molecular complexity index is 927. The van der Waals surface area contributed by atoms with Gasteiger partial charge < -0.3 is 5.11 Å². The quantitative estimate of drug-likeness (QED) is 0.419. The Hall–Kier alpha value is -1.12. The van der Waals surface area contributed by atoms with Gasteiger partial charge in [0.1, 0.15) is 5.78 Å². The van der Waals surface area contributed by atoms with Crippen LogP contribution in [0.1, 0.15) is 113 Å². The number of fused-ring (bicyclic) bond motifs is 7. The number of carbonyl (C=O) groups excluding carboxylic acids is 1. The van der Waals surface area contributed by atoms with Crippen molar-refractivity contribution < 1.29 is 14.7 Å². The van der Waals surface area contributed by atoms with Crippen LogP contribution < -0.4 is 0 Å². The zero-order chi connectivity index (χ0) is 24.2. The molecule has 33 heavy (non-hydrogen) atoms. The predicted octanol–water partition coefficient (Wildman–Crippen LogP) is 7.44. The van der Waals surface area contributed by atoms with Crippen molar-refractivity contribution in [1.82, 2.24) is 0 Å². The van der Waals surface area contributed by atoms with Crippen molar-refractivity contribution in [3.8, 4) is 0 Å². The van der Waals surface area contributed by atoms with E-state index in [4.69, 9.17) is 0 Å². The molecule has 0 aliphatic heterocycles. The fourth-order valence-corrected chi connectivity index (χ4v) is 10.5. The lowest BCUT2D eigenvalue weighted by atomic mass is 9.32. The maximum atomic E-state index is 12.9. The van der Waals surface area contributed by atoms with Crippen LogP contribution in [0, 0.1) is 50.2 Å². The zero-order valence-electron chi connectivity index (χ0n) is 22.1. The highest BCUT2D eigenvalue weighted by Gasteiger charge is 2.69. The van der Waals surface area contributed by atoms with Gasteiger partial charge in [-0.3, -0.25) is 9.59 Å². The standard InChI is InChI=1S/C30H46O3/c1-25(2)14-16-30(24(32)33)17-15-28(6)19(20(30)18-25)8-9-22-27(5)12-11-23(31)26(3,4)21(27)10-13-29(22,28)7/h18-19,21-22H,8-17H2,1-7H3,(H,32,33)/t19-,21-,22+,27+,28-,29-,30+/m1/s1. The van der Waals surface area contributed by atoms with E-state index in [0.29, 0.717) is 23.5 Å². The monoisotopic (exact) mass is 454 g/mol. The normalized spacial score (nSPS) is 50.2. The Balaban J connectivity index is 1.59. The molecule has 0 unspecified atom stereocenters. The fourth-order valence-electron chi connectivity index (χ4n) is 10.5. The van der Waals surface area contributed by atoms with Gasteiger partial charge in [0.25, 0.3) is 0 Å². The van der Waals surface area contributed by atoms with Crippen LogP contribution in [0.15, 0.2) is 11.6 Å². The smallest absolute Gasteiger partial charge is 0.313 e. The van der Waals surface area contributed by atoms with E-state index >= 15 is 0 Å². The number of Topliss-reactive ketones (excluding diaryl/α,β-unsaturated/α-hetero) is 1. The minimum Gasteiger partial charge on any atom is -0.481 e. The van der Waals surface area contributed by atoms with Crippen molar-refractivity contribution in [2.24, 2.45) is 50.2 Å². The number of hydrogen-bond acceptors (Lipinski definition) is 2. The van der Waals surface area contributed by atoms with E-state index < -0.39 is 11.4 Å². The maximum Gasteiger partial charge on any atom is 0.313 e. The number of carboxylic acid groups (broad SMARTS) is 1. The second-order valence-electron chi connectivity index (χ2n) is 14.7. The van der Waals surface area contributed by atoms with E-state index in [-0.39, 0.29) is 27.1 Å². The van der Waals surface area contributed by atoms with Crippen LogP contribution in [0.4, 0.5) is 0 Å². The van der Waals surface area contributed by atoms with Gasteiger partial charge in [-0.15, -0.1) is 0 Å². The number of carboxylic acids is 1. The first-order valence-corrected chi connectivity index (χ1v) is 13.6. The topological polar surface area (TPSA) is 54.4 Å². The van der Waals surface area contributed by atoms with Gasteiger partial charge in [-0.1, -0.05) is 60.1 Å². The van der Waals surface area contributed by atoms with Crippen LogP contribution >= 0.6 is 0 Å². The minimum atomic E-state index is -0.636. The largest absolute Gasteiger partial charge is 0.481 e. The summed E-state index contributed by atoms with van der Waals surface area (Å²) in [7, 11) is 0. The number of aliphatic carboxylic acids is 1. The van der Waals surface area contributed by atoms with Gasteiger partial charge in [0, 0.05) is 11.8 Å². The lowest BCUT2D eigenvalue weighted by Crippen LogP contribution is -2.65. The molecule has 0 amide bonds. The van der Waals surface area contributed by atoms with Gasteiger partial charge in [0.2, 0.25) is 0 Å². The van der Waals surface area contributed by atoms with E-state index in [2.05, 4.69) is 54.5 Å². The van der Waals surface area contributed by atoms with Gasteiger partial charge in [-0.2, -0.15) is 0 Å². The van der Waals surface area contributed by atoms with Gasteiger partial charge in [0.05, 0.1) is 5.41 Å². The number of carbonyl (C=O) groups is 2. The van der Waals surface area contributed by atoms with E-state index in [1.165, 1.54) is 18.4 Å². The number of allylic oxidation sites excluding steroid dienone is 1. The van der Waals surface area contributed by atoms with Crippen LogP contribution in [0.5, 0.6) is 0 Å². The first kappa shape index (κ1) is 23.6. The third kappa shape index (κ3) is 2.80. The molecule has 4 saturated carbocycles. The van der Waals surface area contributed by atoms with Crippen molar-refractivity contribution >= 4 is 11.8 Å². The predicted molar refractivity (Wildman–Crippen MR) is 132 cm³/mol. The second kappa shape index (κ2) is 6.76. The summed E-state index contributed by atoms with van der Waals surface area (Å²) >= 11 is 0. The van der Waals surface area contributed by atoms with E-state index in [1.807, 2.05) is 0 Å². The van der Waals surface area contributed by atoms with Crippen molar-refractivity contribution in [3.63, 3.8) is 0 Å². The molecule has 5 aliphatic rings. The van der Waals surface area contributed by atoms with Gasteiger partial charge in [0.15, 0.2) is 0 Å². The summed E-state index contributed by atoms with van der Waals surface area (Å²) in [5, 5.41) is 10.5. The third-order valence-electron chi connectivity index (χ3n) is 12.8. The average Bonchev–Trinajstić information content (AvgIpc) is 2.71. The highest BCUT2D eigenvalue weighted by Crippen LogP contribution is 2.76. The summed E-state index contributed by atoms with van der Waals surface area (Å²) in [6.45, 7) is 16.6. The fraction of sp³-hybridized carbons (Fsp3) is 0.867. The van der Waals surface area contributed by atoms with E-state index in [9.17, 15) is 14.7 Å². The Morgan fingerprint density at radius 3 is 2.15 bits per heavy atom. The summed E-state index contributed by atoms with van der Waals surface area (Å²) < 4.78 is 0. The molecule has 7 atom stereocenters. The van der Waals surface area contributed by atoms with Gasteiger partial charge in [-0.25, -0.2) is 0 Å². The van der Waals surface area contributed by atoms with E-state index in [1.54, 1.807) is 0 Å². The molecule has 0 heterocycles. The molecule has 1 N–H and O–H groups in total. The molecule has 4 fully saturated rings. The summed E-state index contributed by atoms with van der Waals surface area (Å²) in [4.78, 5) is 25.6. The maximum absolute atomic E-state index is 12.9. The van der Waals surface area contributed by atoms with Crippen molar-refractivity contribution in [2.75, 3.05) is 0 Å². The number of hydrogen-bond donors (Lipinski definition) is 1. The molecule has 5 rings (SSSR count). The second-order valence-corrected chi connectivity index (χ2v) is 14.7. The summed E-state index contributed by atoms with van der Waals surface area (Å²) in [5.41, 5.74) is 1.06. The minimum absolute atomic E-state index is 0.0850. The SMILES string of the molecule is CC1(C)C=C2[C@H]3CC[C@H]4[C@@]5(C)CCC(=O)C(C)(C)[C@H]5CC[C@@]4(C)[C@]3(C)CC[C@@]2(C(=O)O)CC1. The summed E-state index contributed by atoms with van der Waals surface area (Å²) in [6.07, 6.45) is 12.4. The molecule has 0 bridgehead atoms. The third-order valence-corrected chi connectivity index (χ3v) is 12.8. The number of ketones is 1. The Morgan fingerprint density at radius 2 is 1.48 bits per heavy atom. The summed E-state index contributed by atoms with van der Waals surface area (Å²) in [5.74, 6) is 1.35. The molecular formula is C30H46O3. The van der Waals surface area contributed by atoms with Crippen LogP contribution in [-0.2, 0) is 9.59 Å². The highest BCUT2D eigenvalue weighted by atomic mass is 16.4. The first-order chi connectivity index (χ1) is 15.1. The lowest BCUT2D eigenvalue weighted by Gasteiger charge is -2.71. The molecule has 0 aromatic rings. The molecular weight excluding hydrogens is 408 g/mol. The zero-order valence-corrected chi connectivity index (χ0v) is 22.1. The first-order valence-electron chi connectivity index (χ1n) is 13.6. The summed E-state index contributed by atoms with van der Waals surface area (Å²) in [6, 6.07) is 0. The molecule has 5 aliphatic carbocycles. The Morgan fingerprint density at radius 1 is 0.818 bits per heavy atom. The number of rotatable bonds is 1. The van der Waals surface area contributed by atoms with Gasteiger partial charge in [-0.05, 0) is 97.2 Å². The highest BCUT2D eigenvalue weighted by molar-refractivity contribution is 5.85. The average molecular weight is 455 g/mol. The molecule has 0 radical (unpaired) electrons. The molecule has 0 aromatic carbocycles. The van der Waals surface area contributed by atoms with Crippen LogP contribution in [-0.4, -0.2) is 16.9 Å².